The van der Waals surface area contributed by atoms with E-state index in [4.69, 9.17) is 0 Å². The van der Waals surface area contributed by atoms with Gasteiger partial charge in [-0.3, -0.25) is 0 Å². The van der Waals surface area contributed by atoms with E-state index >= 15 is 0 Å². The van der Waals surface area contributed by atoms with Gasteiger partial charge in [0.25, 0.3) is 0 Å². The van der Waals surface area contributed by atoms with Crippen molar-refractivity contribution < 1.29 is 0 Å². The summed E-state index contributed by atoms with van der Waals surface area (Å²) in [5, 5.41) is 9.99. The summed E-state index contributed by atoms with van der Waals surface area (Å²) in [5.74, 6) is 0. The Labute approximate surface area is 473 Å². The SMILES string of the molecule is c1ccc(-n2c3ccccc3c3cc(-c4cccc(-c5ccc6c(c5)c5ccccc5n6-c5ccc(-c6ccc(-n7c8ccccc8c8cc(-c9cccc(-n%10c%11ccccc%11c%11ccccc%11%10)c9)ccc87)cc6)cc5)c4)ccc32)cc1. The summed E-state index contributed by atoms with van der Waals surface area (Å²) in [6.07, 6.45) is 0. The standard InChI is InChI=1S/C78H50N4/c1-2-19-59(20-3-1)79-73-29-11-6-24-65(73)68-48-56(36-43-76(68)79)53-16-14-17-54(46-53)57-37-44-77-69(49-57)66-25-7-12-30-74(66)80(77)60-39-32-51(33-40-60)52-34-41-61(42-35-52)81-75-31-13-8-26-67(75)70-50-58(38-45-78(70)81)55-18-15-21-62(47-55)82-71-27-9-4-22-63(71)64-23-5-10-28-72(64)82/h1-50H. The first kappa shape index (κ1) is 46.0. The maximum Gasteiger partial charge on any atom is 0.0541 e. The number of hydrogen-bond acceptors (Lipinski definition) is 0. The highest BCUT2D eigenvalue weighted by Gasteiger charge is 2.19. The van der Waals surface area contributed by atoms with Crippen LogP contribution >= 0.6 is 0 Å². The second-order valence-electron chi connectivity index (χ2n) is 21.7. The third-order valence-corrected chi connectivity index (χ3v) is 17.2. The smallest absolute Gasteiger partial charge is 0.0541 e. The van der Waals surface area contributed by atoms with Crippen LogP contribution < -0.4 is 0 Å². The summed E-state index contributed by atoms with van der Waals surface area (Å²) in [4.78, 5) is 0. The fourth-order valence-electron chi connectivity index (χ4n) is 13.4. The molecule has 17 aromatic rings. The van der Waals surface area contributed by atoms with Crippen LogP contribution in [0.5, 0.6) is 0 Å². The fourth-order valence-corrected chi connectivity index (χ4v) is 13.4. The lowest BCUT2D eigenvalue weighted by Crippen LogP contribution is -1.95. The van der Waals surface area contributed by atoms with Gasteiger partial charge in [-0.1, -0.05) is 182 Å². The van der Waals surface area contributed by atoms with E-state index in [0.29, 0.717) is 0 Å². The molecule has 0 saturated carbocycles. The van der Waals surface area contributed by atoms with Gasteiger partial charge < -0.3 is 18.3 Å². The quantitative estimate of drug-likeness (QED) is 0.145. The molecule has 17 rings (SSSR count). The largest absolute Gasteiger partial charge is 0.309 e. The number of fused-ring (bicyclic) bond motifs is 12. The Morgan fingerprint density at radius 2 is 0.390 bits per heavy atom. The van der Waals surface area contributed by atoms with Crippen LogP contribution in [0.2, 0.25) is 0 Å². The lowest BCUT2D eigenvalue weighted by molar-refractivity contribution is 1.18. The first-order valence-electron chi connectivity index (χ1n) is 28.2. The number of hydrogen-bond donors (Lipinski definition) is 0. The molecule has 0 spiro atoms. The molecule has 0 aliphatic heterocycles. The van der Waals surface area contributed by atoms with Gasteiger partial charge in [0, 0.05) is 65.8 Å². The molecule has 4 nitrogen and oxygen atoms in total. The molecule has 0 amide bonds. The van der Waals surface area contributed by atoms with Gasteiger partial charge in [-0.05, 0) is 166 Å². The molecule has 82 heavy (non-hydrogen) atoms. The van der Waals surface area contributed by atoms with Crippen LogP contribution in [0.25, 0.3) is 154 Å². The van der Waals surface area contributed by atoms with Gasteiger partial charge in [0.2, 0.25) is 0 Å². The zero-order chi connectivity index (χ0) is 53.8. The Bertz CT molecular complexity index is 5320. The number of benzene rings is 13. The summed E-state index contributed by atoms with van der Waals surface area (Å²) in [7, 11) is 0. The second kappa shape index (κ2) is 18.3. The minimum Gasteiger partial charge on any atom is -0.309 e. The van der Waals surface area contributed by atoms with E-state index in [9.17, 15) is 0 Å². The topological polar surface area (TPSA) is 19.7 Å². The second-order valence-corrected chi connectivity index (χ2v) is 21.7. The van der Waals surface area contributed by atoms with E-state index in [-0.39, 0.29) is 0 Å². The van der Waals surface area contributed by atoms with Crippen LogP contribution in [-0.4, -0.2) is 18.3 Å². The van der Waals surface area contributed by atoms with Crippen molar-refractivity contribution in [3.8, 4) is 67.3 Å². The van der Waals surface area contributed by atoms with E-state index in [1.165, 1.54) is 137 Å². The van der Waals surface area contributed by atoms with Gasteiger partial charge in [-0.25, -0.2) is 0 Å². The van der Waals surface area contributed by atoms with E-state index in [1.54, 1.807) is 0 Å². The van der Waals surface area contributed by atoms with Gasteiger partial charge >= 0.3 is 0 Å². The summed E-state index contributed by atoms with van der Waals surface area (Å²) in [6, 6.07) is 111. The van der Waals surface area contributed by atoms with E-state index < -0.39 is 0 Å². The van der Waals surface area contributed by atoms with Gasteiger partial charge in [-0.2, -0.15) is 0 Å². The Morgan fingerprint density at radius 3 is 0.780 bits per heavy atom. The molecule has 13 aromatic carbocycles. The molecular weight excluding hydrogens is 993 g/mol. The van der Waals surface area contributed by atoms with Crippen LogP contribution in [0.1, 0.15) is 0 Å². The van der Waals surface area contributed by atoms with Gasteiger partial charge in [0.1, 0.15) is 0 Å². The Hall–Kier alpha value is -10.9. The summed E-state index contributed by atoms with van der Waals surface area (Å²) in [6.45, 7) is 0. The van der Waals surface area contributed by atoms with Crippen molar-refractivity contribution in [3.63, 3.8) is 0 Å². The molecular formula is C78H50N4. The van der Waals surface area contributed by atoms with E-state index in [1.807, 2.05) is 0 Å². The maximum absolute atomic E-state index is 2.41. The molecule has 0 radical (unpaired) electrons. The molecule has 4 heteroatoms. The molecule has 0 unspecified atom stereocenters. The Balaban J connectivity index is 0.672. The number of aromatic nitrogens is 4. The first-order chi connectivity index (χ1) is 40.7. The third-order valence-electron chi connectivity index (χ3n) is 17.2. The van der Waals surface area contributed by atoms with E-state index in [0.717, 1.165) is 17.1 Å². The highest BCUT2D eigenvalue weighted by atomic mass is 15.0. The zero-order valence-corrected chi connectivity index (χ0v) is 44.7. The lowest BCUT2D eigenvalue weighted by Gasteiger charge is -2.12. The van der Waals surface area contributed by atoms with Crippen LogP contribution in [0, 0.1) is 0 Å². The van der Waals surface area contributed by atoms with Gasteiger partial charge in [-0.15, -0.1) is 0 Å². The molecule has 0 atom stereocenters. The Kier molecular flexibility index (Phi) is 10.3. The molecule has 0 bridgehead atoms. The molecule has 0 fully saturated rings. The average molecular weight is 1040 g/mol. The van der Waals surface area contributed by atoms with Crippen molar-refractivity contribution in [2.45, 2.75) is 0 Å². The van der Waals surface area contributed by atoms with Crippen molar-refractivity contribution in [2.24, 2.45) is 0 Å². The number of rotatable bonds is 8. The van der Waals surface area contributed by atoms with Crippen molar-refractivity contribution in [2.75, 3.05) is 0 Å². The minimum absolute atomic E-state index is 1.13. The number of nitrogens with zero attached hydrogens (tertiary/aromatic N) is 4. The summed E-state index contributed by atoms with van der Waals surface area (Å²) in [5.41, 5.74) is 23.7. The molecule has 382 valence electrons. The van der Waals surface area contributed by atoms with Crippen molar-refractivity contribution in [1.29, 1.82) is 0 Å². The molecule has 4 aromatic heterocycles. The van der Waals surface area contributed by atoms with Crippen LogP contribution in [0.3, 0.4) is 0 Å². The Morgan fingerprint density at radius 1 is 0.134 bits per heavy atom. The number of para-hydroxylation sites is 6. The normalized spacial score (nSPS) is 11.9. The highest BCUT2D eigenvalue weighted by molar-refractivity contribution is 6.14. The molecule has 0 aliphatic carbocycles. The molecule has 0 aliphatic rings. The maximum atomic E-state index is 2.41. The zero-order valence-electron chi connectivity index (χ0n) is 44.7. The monoisotopic (exact) mass is 1040 g/mol. The van der Waals surface area contributed by atoms with Crippen molar-refractivity contribution in [3.05, 3.63) is 303 Å². The lowest BCUT2D eigenvalue weighted by atomic mass is 9.97. The average Bonchev–Trinajstić information content (AvgIpc) is 4.19. The first-order valence-corrected chi connectivity index (χ1v) is 28.2. The molecule has 4 heterocycles. The predicted molar refractivity (Wildman–Crippen MR) is 346 cm³/mol. The molecule has 0 N–H and O–H groups in total. The van der Waals surface area contributed by atoms with Crippen molar-refractivity contribution >= 4 is 87.2 Å². The van der Waals surface area contributed by atoms with Gasteiger partial charge in [0.15, 0.2) is 0 Å². The third kappa shape index (κ3) is 7.18. The summed E-state index contributed by atoms with van der Waals surface area (Å²) < 4.78 is 9.59. The minimum atomic E-state index is 1.13. The van der Waals surface area contributed by atoms with Crippen molar-refractivity contribution in [1.82, 2.24) is 18.3 Å². The van der Waals surface area contributed by atoms with Gasteiger partial charge in [0.05, 0.1) is 44.1 Å². The van der Waals surface area contributed by atoms with Crippen LogP contribution in [0.4, 0.5) is 0 Å². The fraction of sp³-hybridized carbons (Fsp3) is 0. The predicted octanol–water partition coefficient (Wildman–Crippen LogP) is 20.7. The van der Waals surface area contributed by atoms with Crippen LogP contribution in [-0.2, 0) is 0 Å². The molecule has 0 saturated heterocycles. The highest BCUT2D eigenvalue weighted by Crippen LogP contribution is 2.41. The van der Waals surface area contributed by atoms with E-state index in [2.05, 4.69) is 322 Å². The summed E-state index contributed by atoms with van der Waals surface area (Å²) >= 11 is 0. The van der Waals surface area contributed by atoms with Crippen LogP contribution in [0.15, 0.2) is 303 Å².